The van der Waals surface area contributed by atoms with Crippen LogP contribution in [0, 0.1) is 5.92 Å². The molecule has 1 aliphatic rings. The lowest BCUT2D eigenvalue weighted by atomic mass is 9.99. The molecule has 1 amide bonds. The van der Waals surface area contributed by atoms with Crippen LogP contribution in [0.4, 0.5) is 0 Å². The van der Waals surface area contributed by atoms with E-state index in [-0.39, 0.29) is 29.4 Å². The molecule has 0 saturated carbocycles. The molecule has 1 aromatic carbocycles. The summed E-state index contributed by atoms with van der Waals surface area (Å²) in [7, 11) is -1.70. The summed E-state index contributed by atoms with van der Waals surface area (Å²) >= 11 is 0. The third kappa shape index (κ3) is 5.18. The fourth-order valence-electron chi connectivity index (χ4n) is 3.69. The Balaban J connectivity index is 1.61. The number of piperidine rings is 1. The highest BCUT2D eigenvalue weighted by molar-refractivity contribution is 7.89. The van der Waals surface area contributed by atoms with E-state index in [9.17, 15) is 13.2 Å². The van der Waals surface area contributed by atoms with Crippen molar-refractivity contribution in [3.05, 3.63) is 30.5 Å². The maximum absolute atomic E-state index is 13.1. The average Bonchev–Trinajstić information content (AvgIpc) is 3.08. The van der Waals surface area contributed by atoms with Gasteiger partial charge in [-0.2, -0.15) is 4.31 Å². The van der Waals surface area contributed by atoms with Crippen molar-refractivity contribution in [2.45, 2.75) is 44.1 Å². The molecule has 1 atom stereocenters. The van der Waals surface area contributed by atoms with Crippen LogP contribution >= 0.6 is 0 Å². The van der Waals surface area contributed by atoms with Gasteiger partial charge in [-0.3, -0.25) is 4.79 Å². The Labute approximate surface area is 173 Å². The van der Waals surface area contributed by atoms with Gasteiger partial charge in [0, 0.05) is 50.4 Å². The number of aromatic nitrogens is 1. The Bertz CT molecular complexity index is 952. The van der Waals surface area contributed by atoms with E-state index in [1.165, 1.54) is 4.31 Å². The van der Waals surface area contributed by atoms with Crippen molar-refractivity contribution in [3.63, 3.8) is 0 Å². The molecule has 1 fully saturated rings. The third-order valence-corrected chi connectivity index (χ3v) is 7.18. The number of sulfonamides is 1. The summed E-state index contributed by atoms with van der Waals surface area (Å²) < 4.78 is 35.2. The minimum Gasteiger partial charge on any atom is -0.379 e. The molecule has 0 radical (unpaired) electrons. The van der Waals surface area contributed by atoms with Crippen LogP contribution in [0.1, 0.15) is 33.1 Å². The van der Waals surface area contributed by atoms with Crippen LogP contribution in [0.5, 0.6) is 0 Å². The number of nitrogens with zero attached hydrogens (tertiary/aromatic N) is 2. The summed E-state index contributed by atoms with van der Waals surface area (Å²) in [5.41, 5.74) is 0.987. The molecule has 2 heterocycles. The van der Waals surface area contributed by atoms with E-state index in [0.29, 0.717) is 32.5 Å². The van der Waals surface area contributed by atoms with Gasteiger partial charge in [0.2, 0.25) is 15.9 Å². The van der Waals surface area contributed by atoms with Gasteiger partial charge in [-0.1, -0.05) is 0 Å². The molecule has 3 rings (SSSR count). The number of carbonyl (C=O) groups is 1. The molecule has 0 spiro atoms. The lowest BCUT2D eigenvalue weighted by Crippen LogP contribution is -2.45. The van der Waals surface area contributed by atoms with Crippen molar-refractivity contribution in [3.8, 4) is 0 Å². The van der Waals surface area contributed by atoms with Crippen LogP contribution in [0.3, 0.4) is 0 Å². The highest BCUT2D eigenvalue weighted by atomic mass is 32.2. The standard InChI is InChI=1S/C21H31N3O4S/c1-16(2)28-13-5-10-22-21(25)18-6-4-11-24(15-18)29(26,27)19-7-8-20-17(14-19)9-12-23(20)3/h7-9,12,14,16,18H,4-6,10-11,13,15H2,1-3H3,(H,22,25)/t18-/m1/s1. The van der Waals surface area contributed by atoms with E-state index in [0.717, 1.165) is 17.3 Å². The molecule has 8 heteroatoms. The van der Waals surface area contributed by atoms with Crippen molar-refractivity contribution in [1.29, 1.82) is 0 Å². The Morgan fingerprint density at radius 3 is 2.86 bits per heavy atom. The fourth-order valence-corrected chi connectivity index (χ4v) is 5.25. The molecule has 0 unspecified atom stereocenters. The second kappa shape index (κ2) is 9.28. The van der Waals surface area contributed by atoms with Crippen LogP contribution in [-0.2, 0) is 26.6 Å². The zero-order valence-electron chi connectivity index (χ0n) is 17.4. The van der Waals surface area contributed by atoms with Gasteiger partial charge >= 0.3 is 0 Å². The molecule has 160 valence electrons. The van der Waals surface area contributed by atoms with Crippen molar-refractivity contribution < 1.29 is 17.9 Å². The van der Waals surface area contributed by atoms with E-state index in [1.807, 2.05) is 43.8 Å². The molecular formula is C21H31N3O4S. The van der Waals surface area contributed by atoms with Gasteiger partial charge in [-0.05, 0) is 57.4 Å². The Hall–Kier alpha value is -1.90. The normalized spacial score (nSPS) is 18.4. The van der Waals surface area contributed by atoms with Gasteiger partial charge in [-0.15, -0.1) is 0 Å². The predicted octanol–water partition coefficient (Wildman–Crippen LogP) is 2.51. The third-order valence-electron chi connectivity index (χ3n) is 5.32. The molecule has 1 N–H and O–H groups in total. The fraction of sp³-hybridized carbons (Fsp3) is 0.571. The van der Waals surface area contributed by atoms with Crippen LogP contribution in [0.15, 0.2) is 35.4 Å². The van der Waals surface area contributed by atoms with E-state index in [2.05, 4.69) is 5.32 Å². The number of aryl methyl sites for hydroxylation is 1. The first-order valence-corrected chi connectivity index (χ1v) is 11.7. The average molecular weight is 422 g/mol. The molecule has 1 saturated heterocycles. The van der Waals surface area contributed by atoms with Gasteiger partial charge in [0.1, 0.15) is 0 Å². The summed E-state index contributed by atoms with van der Waals surface area (Å²) in [6.07, 6.45) is 4.22. The number of hydrogen-bond acceptors (Lipinski definition) is 4. The van der Waals surface area contributed by atoms with E-state index in [4.69, 9.17) is 4.74 Å². The molecule has 1 aliphatic heterocycles. The largest absolute Gasteiger partial charge is 0.379 e. The quantitative estimate of drug-likeness (QED) is 0.664. The minimum atomic E-state index is -3.63. The number of carbonyl (C=O) groups excluding carboxylic acids is 1. The van der Waals surface area contributed by atoms with E-state index < -0.39 is 10.0 Å². The molecule has 1 aromatic heterocycles. The smallest absolute Gasteiger partial charge is 0.243 e. The number of benzene rings is 1. The summed E-state index contributed by atoms with van der Waals surface area (Å²) in [6.45, 7) is 5.77. The summed E-state index contributed by atoms with van der Waals surface area (Å²) in [6, 6.07) is 7.10. The summed E-state index contributed by atoms with van der Waals surface area (Å²) in [5.74, 6) is -0.391. The first-order chi connectivity index (χ1) is 13.8. The first kappa shape index (κ1) is 21.8. The number of rotatable bonds is 8. The zero-order valence-corrected chi connectivity index (χ0v) is 18.2. The van der Waals surface area contributed by atoms with E-state index in [1.54, 1.807) is 12.1 Å². The van der Waals surface area contributed by atoms with Gasteiger partial charge in [0.05, 0.1) is 16.9 Å². The molecule has 29 heavy (non-hydrogen) atoms. The SMILES string of the molecule is CC(C)OCCCNC(=O)[C@@H]1CCCN(S(=O)(=O)c2ccc3c(ccn3C)c2)C1. The highest BCUT2D eigenvalue weighted by Crippen LogP contribution is 2.26. The van der Waals surface area contributed by atoms with Gasteiger partial charge in [0.25, 0.3) is 0 Å². The van der Waals surface area contributed by atoms with Crippen molar-refractivity contribution in [2.75, 3.05) is 26.2 Å². The molecule has 0 aliphatic carbocycles. The van der Waals surface area contributed by atoms with Crippen LogP contribution in [0.2, 0.25) is 0 Å². The minimum absolute atomic E-state index is 0.0760. The number of ether oxygens (including phenoxy) is 1. The van der Waals surface area contributed by atoms with Gasteiger partial charge in [-0.25, -0.2) is 8.42 Å². The molecular weight excluding hydrogens is 390 g/mol. The lowest BCUT2D eigenvalue weighted by molar-refractivity contribution is -0.126. The van der Waals surface area contributed by atoms with Crippen LogP contribution in [0.25, 0.3) is 10.9 Å². The topological polar surface area (TPSA) is 80.6 Å². The van der Waals surface area contributed by atoms with Crippen LogP contribution < -0.4 is 5.32 Å². The number of amides is 1. The van der Waals surface area contributed by atoms with E-state index >= 15 is 0 Å². The monoisotopic (exact) mass is 421 g/mol. The first-order valence-electron chi connectivity index (χ1n) is 10.2. The van der Waals surface area contributed by atoms with Crippen molar-refractivity contribution in [2.24, 2.45) is 13.0 Å². The summed E-state index contributed by atoms with van der Waals surface area (Å²) in [4.78, 5) is 12.8. The maximum atomic E-state index is 13.1. The second-order valence-electron chi connectivity index (χ2n) is 7.91. The zero-order chi connectivity index (χ0) is 21.0. The molecule has 7 nitrogen and oxygen atoms in total. The Morgan fingerprint density at radius 1 is 1.31 bits per heavy atom. The Morgan fingerprint density at radius 2 is 2.10 bits per heavy atom. The molecule has 2 aromatic rings. The highest BCUT2D eigenvalue weighted by Gasteiger charge is 2.33. The Kier molecular flexibility index (Phi) is 6.97. The second-order valence-corrected chi connectivity index (χ2v) is 9.85. The number of hydrogen-bond donors (Lipinski definition) is 1. The number of nitrogens with one attached hydrogen (secondary N) is 1. The van der Waals surface area contributed by atoms with Crippen molar-refractivity contribution in [1.82, 2.24) is 14.2 Å². The van der Waals surface area contributed by atoms with Gasteiger partial charge < -0.3 is 14.6 Å². The number of fused-ring (bicyclic) bond motifs is 1. The van der Waals surface area contributed by atoms with Crippen molar-refractivity contribution >= 4 is 26.8 Å². The maximum Gasteiger partial charge on any atom is 0.243 e. The van der Waals surface area contributed by atoms with Crippen LogP contribution in [-0.4, -0.2) is 55.5 Å². The van der Waals surface area contributed by atoms with Gasteiger partial charge in [0.15, 0.2) is 0 Å². The summed E-state index contributed by atoms with van der Waals surface area (Å²) in [5, 5.41) is 3.81. The molecule has 0 bridgehead atoms. The lowest BCUT2D eigenvalue weighted by Gasteiger charge is -2.31. The predicted molar refractivity (Wildman–Crippen MR) is 113 cm³/mol.